The third-order valence-corrected chi connectivity index (χ3v) is 3.15. The fourth-order valence-electron chi connectivity index (χ4n) is 2.15. The van der Waals surface area contributed by atoms with Crippen molar-refractivity contribution in [1.82, 2.24) is 0 Å². The number of esters is 1. The number of rotatable bonds is 0. The molecule has 0 amide bonds. The summed E-state index contributed by atoms with van der Waals surface area (Å²) in [7, 11) is 0. The van der Waals surface area contributed by atoms with E-state index in [0.29, 0.717) is 12.5 Å². The topological polar surface area (TPSA) is 26.3 Å². The van der Waals surface area contributed by atoms with Crippen LogP contribution in [-0.2, 0) is 9.53 Å². The van der Waals surface area contributed by atoms with E-state index in [0.717, 1.165) is 19.3 Å². The Kier molecular flexibility index (Phi) is 1.71. The molecular formula is C10H14O2. The Bertz CT molecular complexity index is 232. The maximum Gasteiger partial charge on any atom is 0.312 e. The highest BCUT2D eigenvalue weighted by atomic mass is 16.5. The van der Waals surface area contributed by atoms with Gasteiger partial charge >= 0.3 is 5.97 Å². The SMILES string of the molecule is C[C@]12CCC=C[C@H]1CCOC2=O. The van der Waals surface area contributed by atoms with Crippen LogP contribution in [0.5, 0.6) is 0 Å². The predicted octanol–water partition coefficient (Wildman–Crippen LogP) is 1.91. The minimum atomic E-state index is -0.215. The first-order valence-electron chi connectivity index (χ1n) is 4.57. The van der Waals surface area contributed by atoms with Crippen LogP contribution in [0.15, 0.2) is 12.2 Å². The molecule has 2 heteroatoms. The Labute approximate surface area is 72.6 Å². The minimum Gasteiger partial charge on any atom is -0.465 e. The first-order valence-corrected chi connectivity index (χ1v) is 4.57. The summed E-state index contributed by atoms with van der Waals surface area (Å²) in [4.78, 5) is 11.5. The summed E-state index contributed by atoms with van der Waals surface area (Å²) < 4.78 is 5.08. The molecule has 0 aromatic carbocycles. The second-order valence-electron chi connectivity index (χ2n) is 3.92. The summed E-state index contributed by atoms with van der Waals surface area (Å²) in [5.74, 6) is 0.426. The fourth-order valence-corrected chi connectivity index (χ4v) is 2.15. The molecule has 0 N–H and O–H groups in total. The van der Waals surface area contributed by atoms with Gasteiger partial charge < -0.3 is 4.74 Å². The first-order chi connectivity index (χ1) is 5.73. The highest BCUT2D eigenvalue weighted by Crippen LogP contribution is 2.42. The monoisotopic (exact) mass is 166 g/mol. The Morgan fingerprint density at radius 2 is 2.50 bits per heavy atom. The predicted molar refractivity (Wildman–Crippen MR) is 45.5 cm³/mol. The molecule has 0 unspecified atom stereocenters. The van der Waals surface area contributed by atoms with Crippen molar-refractivity contribution in [2.75, 3.05) is 6.61 Å². The van der Waals surface area contributed by atoms with E-state index in [1.165, 1.54) is 0 Å². The van der Waals surface area contributed by atoms with Crippen molar-refractivity contribution in [3.63, 3.8) is 0 Å². The Morgan fingerprint density at radius 1 is 1.67 bits per heavy atom. The second-order valence-corrected chi connectivity index (χ2v) is 3.92. The number of hydrogen-bond acceptors (Lipinski definition) is 2. The van der Waals surface area contributed by atoms with Crippen LogP contribution in [0, 0.1) is 11.3 Å². The van der Waals surface area contributed by atoms with Gasteiger partial charge in [-0.2, -0.15) is 0 Å². The molecule has 0 radical (unpaired) electrons. The summed E-state index contributed by atoms with van der Waals surface area (Å²) in [5.41, 5.74) is -0.215. The molecular weight excluding hydrogens is 152 g/mol. The van der Waals surface area contributed by atoms with Crippen LogP contribution in [0.4, 0.5) is 0 Å². The molecule has 1 fully saturated rings. The van der Waals surface area contributed by atoms with Crippen LogP contribution < -0.4 is 0 Å². The average molecular weight is 166 g/mol. The van der Waals surface area contributed by atoms with E-state index >= 15 is 0 Å². The molecule has 0 saturated carbocycles. The lowest BCUT2D eigenvalue weighted by Crippen LogP contribution is -2.42. The van der Waals surface area contributed by atoms with Gasteiger partial charge in [-0.1, -0.05) is 12.2 Å². The first kappa shape index (κ1) is 7.84. The molecule has 2 nitrogen and oxygen atoms in total. The van der Waals surface area contributed by atoms with Gasteiger partial charge in [0.2, 0.25) is 0 Å². The average Bonchev–Trinajstić information content (AvgIpc) is 2.07. The van der Waals surface area contributed by atoms with Gasteiger partial charge in [-0.15, -0.1) is 0 Å². The smallest absolute Gasteiger partial charge is 0.312 e. The van der Waals surface area contributed by atoms with Crippen molar-refractivity contribution in [3.8, 4) is 0 Å². The third kappa shape index (κ3) is 0.977. The Morgan fingerprint density at radius 3 is 3.25 bits per heavy atom. The van der Waals surface area contributed by atoms with Gasteiger partial charge in [-0.3, -0.25) is 4.79 Å². The van der Waals surface area contributed by atoms with E-state index in [1.54, 1.807) is 0 Å². The molecule has 0 spiro atoms. The largest absolute Gasteiger partial charge is 0.465 e. The summed E-state index contributed by atoms with van der Waals surface area (Å²) in [6.07, 6.45) is 7.34. The normalized spacial score (nSPS) is 40.4. The maximum absolute atomic E-state index is 11.5. The summed E-state index contributed by atoms with van der Waals surface area (Å²) in [6.45, 7) is 2.63. The number of cyclic esters (lactones) is 1. The molecule has 1 saturated heterocycles. The molecule has 0 bridgehead atoms. The van der Waals surface area contributed by atoms with Crippen molar-refractivity contribution in [2.24, 2.45) is 11.3 Å². The van der Waals surface area contributed by atoms with Gasteiger partial charge in [0.25, 0.3) is 0 Å². The van der Waals surface area contributed by atoms with E-state index < -0.39 is 0 Å². The van der Waals surface area contributed by atoms with Crippen molar-refractivity contribution < 1.29 is 9.53 Å². The van der Waals surface area contributed by atoms with E-state index in [2.05, 4.69) is 12.2 Å². The third-order valence-electron chi connectivity index (χ3n) is 3.15. The number of carbonyl (C=O) groups excluding carboxylic acids is 1. The Hall–Kier alpha value is -0.790. The quantitative estimate of drug-likeness (QED) is 0.406. The molecule has 1 aliphatic carbocycles. The number of hydrogen-bond donors (Lipinski definition) is 0. The van der Waals surface area contributed by atoms with Crippen LogP contribution in [0.1, 0.15) is 26.2 Å². The summed E-state index contributed by atoms with van der Waals surface area (Å²) in [6, 6.07) is 0. The van der Waals surface area contributed by atoms with Crippen LogP contribution in [0.3, 0.4) is 0 Å². The van der Waals surface area contributed by atoms with Gasteiger partial charge in [0, 0.05) is 0 Å². The van der Waals surface area contributed by atoms with Crippen LogP contribution in [0.25, 0.3) is 0 Å². The lowest BCUT2D eigenvalue weighted by molar-refractivity contribution is -0.165. The van der Waals surface area contributed by atoms with E-state index in [4.69, 9.17) is 4.74 Å². The van der Waals surface area contributed by atoms with Crippen molar-refractivity contribution in [3.05, 3.63) is 12.2 Å². The zero-order valence-corrected chi connectivity index (χ0v) is 7.38. The number of carbonyl (C=O) groups is 1. The summed E-state index contributed by atoms with van der Waals surface area (Å²) >= 11 is 0. The molecule has 2 aliphatic rings. The number of ether oxygens (including phenoxy) is 1. The van der Waals surface area contributed by atoms with Crippen molar-refractivity contribution in [2.45, 2.75) is 26.2 Å². The van der Waals surface area contributed by atoms with Crippen LogP contribution >= 0.6 is 0 Å². The van der Waals surface area contributed by atoms with Crippen molar-refractivity contribution in [1.29, 1.82) is 0 Å². The molecule has 1 aliphatic heterocycles. The lowest BCUT2D eigenvalue weighted by atomic mass is 9.68. The van der Waals surface area contributed by atoms with Gasteiger partial charge in [0.15, 0.2) is 0 Å². The number of allylic oxidation sites excluding steroid dienone is 2. The van der Waals surface area contributed by atoms with E-state index in [-0.39, 0.29) is 11.4 Å². The van der Waals surface area contributed by atoms with Gasteiger partial charge in [-0.05, 0) is 32.1 Å². The van der Waals surface area contributed by atoms with Crippen LogP contribution in [-0.4, -0.2) is 12.6 Å². The zero-order chi connectivity index (χ0) is 8.60. The molecule has 1 heterocycles. The molecule has 66 valence electrons. The van der Waals surface area contributed by atoms with E-state index in [1.807, 2.05) is 6.92 Å². The zero-order valence-electron chi connectivity index (χ0n) is 7.38. The molecule has 0 aromatic heterocycles. The standard InChI is InChI=1S/C10H14O2/c1-10-6-3-2-4-8(10)5-7-12-9(10)11/h2,4,8H,3,5-7H2,1H3/t8-,10-/m0/s1. The van der Waals surface area contributed by atoms with Crippen LogP contribution in [0.2, 0.25) is 0 Å². The number of fused-ring (bicyclic) bond motifs is 1. The highest BCUT2D eigenvalue weighted by Gasteiger charge is 2.44. The van der Waals surface area contributed by atoms with Gasteiger partial charge in [0.1, 0.15) is 0 Å². The molecule has 2 atom stereocenters. The van der Waals surface area contributed by atoms with E-state index in [9.17, 15) is 4.79 Å². The van der Waals surface area contributed by atoms with Gasteiger partial charge in [-0.25, -0.2) is 0 Å². The Balaban J connectivity index is 2.29. The fraction of sp³-hybridized carbons (Fsp3) is 0.700. The lowest BCUT2D eigenvalue weighted by Gasteiger charge is -2.39. The highest BCUT2D eigenvalue weighted by molar-refractivity contribution is 5.78. The maximum atomic E-state index is 11.5. The molecule has 12 heavy (non-hydrogen) atoms. The molecule has 2 rings (SSSR count). The van der Waals surface area contributed by atoms with Crippen molar-refractivity contribution >= 4 is 5.97 Å². The minimum absolute atomic E-state index is 0.00287. The van der Waals surface area contributed by atoms with Gasteiger partial charge in [0.05, 0.1) is 12.0 Å². The second kappa shape index (κ2) is 2.61. The molecule has 0 aromatic rings. The summed E-state index contributed by atoms with van der Waals surface area (Å²) in [5, 5.41) is 0.